The predicted molar refractivity (Wildman–Crippen MR) is 137 cm³/mol. The van der Waals surface area contributed by atoms with E-state index in [2.05, 4.69) is 30.2 Å². The molecule has 182 valence electrons. The van der Waals surface area contributed by atoms with Crippen LogP contribution in [-0.2, 0) is 4.74 Å². The number of aliphatic imine (C=N–C) groups is 2. The molecule has 0 saturated carbocycles. The molecular weight excluding hydrogens is 416 g/mol. The third-order valence-electron chi connectivity index (χ3n) is 4.94. The topological polar surface area (TPSA) is 118 Å². The third-order valence-corrected chi connectivity index (χ3v) is 4.94. The van der Waals surface area contributed by atoms with E-state index in [0.717, 1.165) is 24.1 Å². The van der Waals surface area contributed by atoms with Gasteiger partial charge >= 0.3 is 0 Å². The molecule has 0 aliphatic heterocycles. The van der Waals surface area contributed by atoms with E-state index in [9.17, 15) is 4.79 Å². The van der Waals surface area contributed by atoms with Gasteiger partial charge in [0.25, 0.3) is 11.9 Å². The van der Waals surface area contributed by atoms with Gasteiger partial charge in [-0.2, -0.15) is 0 Å². The van der Waals surface area contributed by atoms with Crippen molar-refractivity contribution in [1.29, 1.82) is 0 Å². The summed E-state index contributed by atoms with van der Waals surface area (Å²) in [6.45, 7) is 8.51. The number of amides is 1. The van der Waals surface area contributed by atoms with Crippen molar-refractivity contribution in [3.8, 4) is 0 Å². The SMILES string of the molecule is CC/C=C(\C)CCN=C(N)OC(NC)/C(N=C(CC)c1ccc(C(=O)N(C)C)cc1)=C(\C)N. The number of allylic oxidation sites excluding steroid dienone is 2. The Morgan fingerprint density at radius 3 is 2.24 bits per heavy atom. The number of carbonyl (C=O) groups excluding carboxylic acids is 1. The summed E-state index contributed by atoms with van der Waals surface area (Å²) in [6, 6.07) is 7.46. The summed E-state index contributed by atoms with van der Waals surface area (Å²) in [6.07, 6.45) is 4.01. The minimum atomic E-state index is -0.651. The molecule has 5 N–H and O–H groups in total. The monoisotopic (exact) mass is 456 g/mol. The van der Waals surface area contributed by atoms with Gasteiger partial charge in [-0.25, -0.2) is 4.99 Å². The first-order chi connectivity index (χ1) is 15.6. The highest BCUT2D eigenvalue weighted by Crippen LogP contribution is 2.16. The van der Waals surface area contributed by atoms with E-state index in [0.29, 0.717) is 29.9 Å². The number of nitrogens with zero attached hydrogens (tertiary/aromatic N) is 3. The maximum absolute atomic E-state index is 12.2. The lowest BCUT2D eigenvalue weighted by Gasteiger charge is -2.20. The van der Waals surface area contributed by atoms with Crippen LogP contribution < -0.4 is 16.8 Å². The first-order valence-electron chi connectivity index (χ1n) is 11.3. The largest absolute Gasteiger partial charge is 0.440 e. The van der Waals surface area contributed by atoms with Crippen molar-refractivity contribution in [2.45, 2.75) is 53.2 Å². The van der Waals surface area contributed by atoms with E-state index >= 15 is 0 Å². The molecule has 0 fully saturated rings. The van der Waals surface area contributed by atoms with Gasteiger partial charge in [-0.1, -0.05) is 37.6 Å². The van der Waals surface area contributed by atoms with Crippen LogP contribution in [0.25, 0.3) is 0 Å². The van der Waals surface area contributed by atoms with Crippen molar-refractivity contribution in [2.75, 3.05) is 27.7 Å². The molecular formula is C25H40N6O2. The molecule has 0 radical (unpaired) electrons. The van der Waals surface area contributed by atoms with Crippen LogP contribution in [0.5, 0.6) is 0 Å². The second-order valence-electron chi connectivity index (χ2n) is 7.97. The summed E-state index contributed by atoms with van der Waals surface area (Å²) in [5, 5.41) is 3.06. The zero-order chi connectivity index (χ0) is 25.0. The van der Waals surface area contributed by atoms with Crippen molar-refractivity contribution in [3.05, 3.63) is 58.4 Å². The smallest absolute Gasteiger partial charge is 0.283 e. The fourth-order valence-electron chi connectivity index (χ4n) is 3.11. The Balaban J connectivity index is 3.09. The van der Waals surface area contributed by atoms with Gasteiger partial charge in [0.1, 0.15) is 5.70 Å². The molecule has 1 rings (SSSR count). The van der Waals surface area contributed by atoms with Gasteiger partial charge in [0.15, 0.2) is 6.23 Å². The number of hydrogen-bond acceptors (Lipinski definition) is 6. The summed E-state index contributed by atoms with van der Waals surface area (Å²) >= 11 is 0. The average Bonchev–Trinajstić information content (AvgIpc) is 2.78. The fraction of sp³-hybridized carbons (Fsp3) is 0.480. The fourth-order valence-corrected chi connectivity index (χ4v) is 3.11. The Kier molecular flexibility index (Phi) is 11.9. The van der Waals surface area contributed by atoms with Crippen LogP contribution in [0, 0.1) is 0 Å². The molecule has 0 aromatic heterocycles. The average molecular weight is 457 g/mol. The Hall–Kier alpha value is -3.13. The summed E-state index contributed by atoms with van der Waals surface area (Å²) < 4.78 is 5.83. The molecule has 0 aliphatic rings. The molecule has 8 nitrogen and oxygen atoms in total. The maximum atomic E-state index is 12.2. The van der Waals surface area contributed by atoms with Crippen LogP contribution >= 0.6 is 0 Å². The highest BCUT2D eigenvalue weighted by molar-refractivity contribution is 6.02. The lowest BCUT2D eigenvalue weighted by atomic mass is 10.0. The quantitative estimate of drug-likeness (QED) is 0.204. The van der Waals surface area contributed by atoms with Crippen molar-refractivity contribution < 1.29 is 9.53 Å². The second-order valence-corrected chi connectivity index (χ2v) is 7.97. The zero-order valence-electron chi connectivity index (χ0n) is 21.1. The van der Waals surface area contributed by atoms with Crippen molar-refractivity contribution in [2.24, 2.45) is 21.5 Å². The number of rotatable bonds is 11. The maximum Gasteiger partial charge on any atom is 0.283 e. The lowest BCUT2D eigenvalue weighted by molar-refractivity contribution is 0.0827. The van der Waals surface area contributed by atoms with Crippen LogP contribution in [0.4, 0.5) is 0 Å². The van der Waals surface area contributed by atoms with Crippen LogP contribution in [-0.4, -0.2) is 56.5 Å². The Morgan fingerprint density at radius 1 is 1.15 bits per heavy atom. The minimum Gasteiger partial charge on any atom is -0.440 e. The second kappa shape index (κ2) is 14.1. The van der Waals surface area contributed by atoms with E-state index < -0.39 is 6.23 Å². The predicted octanol–water partition coefficient (Wildman–Crippen LogP) is 3.40. The van der Waals surface area contributed by atoms with E-state index in [1.54, 1.807) is 45.1 Å². The van der Waals surface area contributed by atoms with Gasteiger partial charge in [-0.3, -0.25) is 15.1 Å². The van der Waals surface area contributed by atoms with Crippen molar-refractivity contribution >= 4 is 17.6 Å². The summed E-state index contributed by atoms with van der Waals surface area (Å²) in [7, 11) is 5.20. The van der Waals surface area contributed by atoms with Crippen LogP contribution in [0.2, 0.25) is 0 Å². The first kappa shape index (κ1) is 27.9. The molecule has 0 aliphatic carbocycles. The molecule has 8 heteroatoms. The van der Waals surface area contributed by atoms with Gasteiger partial charge in [0.05, 0.1) is 0 Å². The van der Waals surface area contributed by atoms with Gasteiger partial charge in [0, 0.05) is 37.6 Å². The van der Waals surface area contributed by atoms with Crippen LogP contribution in [0.1, 0.15) is 62.9 Å². The molecule has 0 saturated heterocycles. The molecule has 1 aromatic carbocycles. The van der Waals surface area contributed by atoms with E-state index in [1.807, 2.05) is 19.1 Å². The summed E-state index contributed by atoms with van der Waals surface area (Å²) in [5.74, 6) is -0.0475. The molecule has 0 heterocycles. The molecule has 33 heavy (non-hydrogen) atoms. The third kappa shape index (κ3) is 9.10. The summed E-state index contributed by atoms with van der Waals surface area (Å²) in [5.41, 5.74) is 16.8. The highest BCUT2D eigenvalue weighted by atomic mass is 16.5. The number of nitrogens with one attached hydrogen (secondary N) is 1. The van der Waals surface area contributed by atoms with Gasteiger partial charge in [-0.05, 0) is 57.9 Å². The van der Waals surface area contributed by atoms with E-state index in [-0.39, 0.29) is 11.9 Å². The summed E-state index contributed by atoms with van der Waals surface area (Å²) in [4.78, 5) is 22.8. The Morgan fingerprint density at radius 2 is 1.76 bits per heavy atom. The molecule has 0 spiro atoms. The number of hydrogen-bond donors (Lipinski definition) is 3. The first-order valence-corrected chi connectivity index (χ1v) is 11.3. The highest BCUT2D eigenvalue weighted by Gasteiger charge is 2.18. The van der Waals surface area contributed by atoms with E-state index in [4.69, 9.17) is 21.2 Å². The van der Waals surface area contributed by atoms with Gasteiger partial charge < -0.3 is 21.1 Å². The number of nitrogens with two attached hydrogens (primary N) is 2. The molecule has 1 unspecified atom stereocenters. The minimum absolute atomic E-state index is 0.0475. The standard InChI is InChI=1S/C25H40N6O2/c1-8-10-17(3)15-16-29-25(27)33-23(28-5)22(18(4)26)30-21(9-2)19-11-13-20(14-12-19)24(32)31(6)7/h10-14,23,28H,8-9,15-16,26H2,1-7H3,(H2,27,29)/b17-10+,22-18-,30-21?. The molecule has 1 amide bonds. The van der Waals surface area contributed by atoms with Gasteiger partial charge in [-0.15, -0.1) is 0 Å². The van der Waals surface area contributed by atoms with Crippen molar-refractivity contribution in [3.63, 3.8) is 0 Å². The number of likely N-dealkylation sites (N-methyl/N-ethyl adjacent to an activating group) is 1. The normalized spacial score (nSPS) is 14.6. The van der Waals surface area contributed by atoms with E-state index in [1.165, 1.54) is 5.57 Å². The Bertz CT molecular complexity index is 894. The number of ether oxygens (including phenoxy) is 1. The van der Waals surface area contributed by atoms with Crippen LogP contribution in [0.3, 0.4) is 0 Å². The van der Waals surface area contributed by atoms with Gasteiger partial charge in [0.2, 0.25) is 0 Å². The lowest BCUT2D eigenvalue weighted by Crippen LogP contribution is -2.36. The number of carbonyl (C=O) groups is 1. The number of amidine groups is 1. The molecule has 1 atom stereocenters. The zero-order valence-corrected chi connectivity index (χ0v) is 21.1. The van der Waals surface area contributed by atoms with Crippen LogP contribution in [0.15, 0.2) is 57.3 Å². The molecule has 1 aromatic rings. The number of benzene rings is 1. The Labute approximate surface area is 198 Å². The molecule has 0 bridgehead atoms. The van der Waals surface area contributed by atoms with Crippen molar-refractivity contribution in [1.82, 2.24) is 10.2 Å².